The van der Waals surface area contributed by atoms with Gasteiger partial charge in [-0.2, -0.15) is 0 Å². The molecule has 1 aromatic rings. The Morgan fingerprint density at radius 2 is 2.05 bits per heavy atom. The van der Waals surface area contributed by atoms with Crippen molar-refractivity contribution in [3.63, 3.8) is 0 Å². The van der Waals surface area contributed by atoms with Crippen molar-refractivity contribution in [1.82, 2.24) is 0 Å². The van der Waals surface area contributed by atoms with Gasteiger partial charge < -0.3 is 14.7 Å². The molecule has 4 nitrogen and oxygen atoms in total. The van der Waals surface area contributed by atoms with Crippen LogP contribution in [0, 0.1) is 0 Å². The Balaban J connectivity index is 2.20. The van der Waals surface area contributed by atoms with Crippen LogP contribution in [0.15, 0.2) is 30.3 Å². The number of rotatable bonds is 4. The minimum atomic E-state index is -0.927. The Morgan fingerprint density at radius 3 is 2.74 bits per heavy atom. The SMILES string of the molecule is CN(c1ccccc1/C=C/C(=O)O)C1CCOCC1. The van der Waals surface area contributed by atoms with Crippen LogP contribution in [0.4, 0.5) is 5.69 Å². The molecule has 0 radical (unpaired) electrons. The van der Waals surface area contributed by atoms with Crippen LogP contribution >= 0.6 is 0 Å². The molecule has 0 aromatic heterocycles. The number of ether oxygens (including phenoxy) is 1. The molecule has 19 heavy (non-hydrogen) atoms. The smallest absolute Gasteiger partial charge is 0.328 e. The monoisotopic (exact) mass is 261 g/mol. The second-order valence-electron chi connectivity index (χ2n) is 4.68. The van der Waals surface area contributed by atoms with Crippen LogP contribution in [-0.2, 0) is 9.53 Å². The molecule has 1 saturated heterocycles. The van der Waals surface area contributed by atoms with Gasteiger partial charge in [-0.05, 0) is 30.5 Å². The van der Waals surface area contributed by atoms with Gasteiger partial charge >= 0.3 is 5.97 Å². The zero-order valence-electron chi connectivity index (χ0n) is 11.1. The second-order valence-corrected chi connectivity index (χ2v) is 4.68. The topological polar surface area (TPSA) is 49.8 Å². The summed E-state index contributed by atoms with van der Waals surface area (Å²) in [6.07, 6.45) is 4.84. The van der Waals surface area contributed by atoms with Crippen LogP contribution in [0.5, 0.6) is 0 Å². The lowest BCUT2D eigenvalue weighted by molar-refractivity contribution is -0.131. The predicted octanol–water partition coefficient (Wildman–Crippen LogP) is 2.40. The summed E-state index contributed by atoms with van der Waals surface area (Å²) in [5, 5.41) is 8.74. The van der Waals surface area contributed by atoms with Crippen molar-refractivity contribution in [2.75, 3.05) is 25.2 Å². The first-order valence-corrected chi connectivity index (χ1v) is 6.49. The van der Waals surface area contributed by atoms with E-state index < -0.39 is 5.97 Å². The Kier molecular flexibility index (Phi) is 4.58. The molecule has 0 unspecified atom stereocenters. The maximum atomic E-state index is 10.6. The summed E-state index contributed by atoms with van der Waals surface area (Å²) in [6, 6.07) is 8.31. The summed E-state index contributed by atoms with van der Waals surface area (Å²) in [5.74, 6) is -0.927. The molecule has 0 saturated carbocycles. The Hall–Kier alpha value is -1.81. The Bertz CT molecular complexity index is 464. The number of nitrogens with zero attached hydrogens (tertiary/aromatic N) is 1. The number of aliphatic carboxylic acids is 1. The minimum absolute atomic E-state index is 0.452. The molecule has 1 heterocycles. The molecule has 0 amide bonds. The molecule has 1 aliphatic heterocycles. The quantitative estimate of drug-likeness (QED) is 0.846. The van der Waals surface area contributed by atoms with Crippen molar-refractivity contribution < 1.29 is 14.6 Å². The highest BCUT2D eigenvalue weighted by atomic mass is 16.5. The zero-order valence-corrected chi connectivity index (χ0v) is 11.1. The summed E-state index contributed by atoms with van der Waals surface area (Å²) in [5.41, 5.74) is 1.99. The van der Waals surface area contributed by atoms with Gasteiger partial charge in [0.25, 0.3) is 0 Å². The average Bonchev–Trinajstić information content (AvgIpc) is 2.45. The largest absolute Gasteiger partial charge is 0.478 e. The van der Waals surface area contributed by atoms with Crippen LogP contribution in [0.1, 0.15) is 18.4 Å². The van der Waals surface area contributed by atoms with Crippen LogP contribution < -0.4 is 4.90 Å². The van der Waals surface area contributed by atoms with Crippen molar-refractivity contribution in [2.24, 2.45) is 0 Å². The zero-order chi connectivity index (χ0) is 13.7. The predicted molar refractivity (Wildman–Crippen MR) is 75.4 cm³/mol. The van der Waals surface area contributed by atoms with Crippen molar-refractivity contribution in [1.29, 1.82) is 0 Å². The van der Waals surface area contributed by atoms with Crippen LogP contribution in [0.2, 0.25) is 0 Å². The number of carbonyl (C=O) groups is 1. The third-order valence-electron chi connectivity index (χ3n) is 3.46. The van der Waals surface area contributed by atoms with Gasteiger partial charge in [0, 0.05) is 38.1 Å². The van der Waals surface area contributed by atoms with Gasteiger partial charge in [0.2, 0.25) is 0 Å². The Labute approximate surface area is 113 Å². The maximum Gasteiger partial charge on any atom is 0.328 e. The number of carboxylic acids is 1. The standard InChI is InChI=1S/C15H19NO3/c1-16(13-8-10-19-11-9-13)14-5-3-2-4-12(14)6-7-15(17)18/h2-7,13H,8-11H2,1H3,(H,17,18)/b7-6+. The lowest BCUT2D eigenvalue weighted by Crippen LogP contribution is -2.36. The second kappa shape index (κ2) is 6.38. The summed E-state index contributed by atoms with van der Waals surface area (Å²) in [6.45, 7) is 1.59. The number of hydrogen-bond donors (Lipinski definition) is 1. The normalized spacial score (nSPS) is 16.7. The summed E-state index contributed by atoms with van der Waals surface area (Å²) < 4.78 is 5.38. The number of hydrogen-bond acceptors (Lipinski definition) is 3. The van der Waals surface area contributed by atoms with Gasteiger partial charge in [-0.1, -0.05) is 18.2 Å². The van der Waals surface area contributed by atoms with Crippen molar-refractivity contribution >= 4 is 17.7 Å². The lowest BCUT2D eigenvalue weighted by Gasteiger charge is -2.33. The molecule has 2 rings (SSSR count). The van der Waals surface area contributed by atoms with Crippen molar-refractivity contribution in [3.05, 3.63) is 35.9 Å². The van der Waals surface area contributed by atoms with Gasteiger partial charge in [-0.3, -0.25) is 0 Å². The summed E-state index contributed by atoms with van der Waals surface area (Å²) in [7, 11) is 2.06. The molecule has 0 bridgehead atoms. The van der Waals surface area contributed by atoms with Crippen LogP contribution in [0.25, 0.3) is 6.08 Å². The molecule has 4 heteroatoms. The fourth-order valence-corrected chi connectivity index (χ4v) is 2.38. The summed E-state index contributed by atoms with van der Waals surface area (Å²) >= 11 is 0. The number of carboxylic acid groups (broad SMARTS) is 1. The van der Waals surface area contributed by atoms with Gasteiger partial charge in [0.15, 0.2) is 0 Å². The van der Waals surface area contributed by atoms with E-state index in [9.17, 15) is 4.79 Å². The third-order valence-corrected chi connectivity index (χ3v) is 3.46. The molecule has 1 fully saturated rings. The summed E-state index contributed by atoms with van der Waals surface area (Å²) in [4.78, 5) is 12.9. The van der Waals surface area contributed by atoms with Crippen LogP contribution in [0.3, 0.4) is 0 Å². The van der Waals surface area contributed by atoms with E-state index in [1.165, 1.54) is 6.08 Å². The van der Waals surface area contributed by atoms with E-state index >= 15 is 0 Å². The first-order valence-electron chi connectivity index (χ1n) is 6.49. The van der Waals surface area contributed by atoms with E-state index in [0.717, 1.165) is 37.3 Å². The van der Waals surface area contributed by atoms with Crippen molar-refractivity contribution in [3.8, 4) is 0 Å². The van der Waals surface area contributed by atoms with Crippen molar-refractivity contribution in [2.45, 2.75) is 18.9 Å². The van der Waals surface area contributed by atoms with Gasteiger partial charge in [0.05, 0.1) is 0 Å². The minimum Gasteiger partial charge on any atom is -0.478 e. The van der Waals surface area contributed by atoms with E-state index in [-0.39, 0.29) is 0 Å². The maximum absolute atomic E-state index is 10.6. The number of anilines is 1. The highest BCUT2D eigenvalue weighted by molar-refractivity contribution is 5.87. The molecule has 0 atom stereocenters. The fraction of sp³-hybridized carbons (Fsp3) is 0.400. The Morgan fingerprint density at radius 1 is 1.37 bits per heavy atom. The molecular weight excluding hydrogens is 242 g/mol. The third kappa shape index (κ3) is 3.58. The lowest BCUT2D eigenvalue weighted by atomic mass is 10.0. The van der Waals surface area contributed by atoms with Crippen LogP contribution in [-0.4, -0.2) is 37.4 Å². The van der Waals surface area contributed by atoms with E-state index in [0.29, 0.717) is 6.04 Å². The molecule has 0 aliphatic carbocycles. The molecule has 0 spiro atoms. The van der Waals surface area contributed by atoms with Gasteiger partial charge in [-0.15, -0.1) is 0 Å². The molecule has 102 valence electrons. The molecular formula is C15H19NO3. The fourth-order valence-electron chi connectivity index (χ4n) is 2.38. The van der Waals surface area contributed by atoms with Gasteiger partial charge in [-0.25, -0.2) is 4.79 Å². The number of para-hydroxylation sites is 1. The molecule has 1 aliphatic rings. The molecule has 1 aromatic carbocycles. The van der Waals surface area contributed by atoms with E-state index in [2.05, 4.69) is 11.9 Å². The van der Waals surface area contributed by atoms with E-state index in [1.54, 1.807) is 6.08 Å². The molecule has 1 N–H and O–H groups in total. The first-order chi connectivity index (χ1) is 9.18. The number of benzene rings is 1. The highest BCUT2D eigenvalue weighted by Crippen LogP contribution is 2.25. The van der Waals surface area contributed by atoms with Gasteiger partial charge in [0.1, 0.15) is 0 Å². The first kappa shape index (κ1) is 13.6. The highest BCUT2D eigenvalue weighted by Gasteiger charge is 2.19. The average molecular weight is 261 g/mol. The van der Waals surface area contributed by atoms with E-state index in [4.69, 9.17) is 9.84 Å². The van der Waals surface area contributed by atoms with E-state index in [1.807, 2.05) is 24.3 Å².